The van der Waals surface area contributed by atoms with Crippen molar-refractivity contribution in [3.63, 3.8) is 0 Å². The summed E-state index contributed by atoms with van der Waals surface area (Å²) in [5, 5.41) is 2.29. The maximum Gasteiger partial charge on any atom is 0.238 e. The van der Waals surface area contributed by atoms with Crippen molar-refractivity contribution in [1.29, 1.82) is 0 Å². The van der Waals surface area contributed by atoms with Gasteiger partial charge < -0.3 is 0 Å². The number of fused-ring (bicyclic) bond motifs is 6. The molecule has 0 amide bonds. The molecule has 10 aromatic rings. The number of hydrogen-bond donors (Lipinski definition) is 0. The summed E-state index contributed by atoms with van der Waals surface area (Å²) in [7, 11) is 0. The Bertz CT molecular complexity index is 2950. The minimum atomic E-state index is -0.553. The van der Waals surface area contributed by atoms with E-state index in [1.54, 1.807) is 0 Å². The van der Waals surface area contributed by atoms with Crippen molar-refractivity contribution in [2.45, 2.75) is 5.41 Å². The fraction of sp³-hybridized carbons (Fsp3) is 0.0192. The third-order valence-corrected chi connectivity index (χ3v) is 11.3. The highest BCUT2D eigenvalue weighted by atomic mass is 15.2. The molecule has 262 valence electrons. The third-order valence-electron chi connectivity index (χ3n) is 11.3. The molecule has 0 saturated carbocycles. The van der Waals surface area contributed by atoms with Crippen LogP contribution in [-0.4, -0.2) is 19.5 Å². The summed E-state index contributed by atoms with van der Waals surface area (Å²) in [5.74, 6) is 1.82. The summed E-state index contributed by atoms with van der Waals surface area (Å²) in [6.07, 6.45) is 0. The lowest BCUT2D eigenvalue weighted by Gasteiger charge is -2.34. The predicted molar refractivity (Wildman–Crippen MR) is 228 cm³/mol. The minimum absolute atomic E-state index is 0.553. The summed E-state index contributed by atoms with van der Waals surface area (Å²) in [6, 6.07) is 73.4. The van der Waals surface area contributed by atoms with Crippen LogP contribution in [0, 0.1) is 0 Å². The Morgan fingerprint density at radius 3 is 1.43 bits per heavy atom. The van der Waals surface area contributed by atoms with Gasteiger partial charge in [0.15, 0.2) is 11.6 Å². The van der Waals surface area contributed by atoms with Gasteiger partial charge in [-0.05, 0) is 62.7 Å². The van der Waals surface area contributed by atoms with Crippen molar-refractivity contribution in [3.8, 4) is 51.0 Å². The standard InChI is InChI=1S/C52H34N4/c1-6-18-35(19-7-1)38-30-31-42-44-33-43-41-28-16-17-29-45(41)52(39-24-12-4-13-25-39,40-26-14-5-15-27-40)46(43)34-48(44)56(47(42)32-38)51-54-49(36-20-8-2-9-21-36)53-50(55-51)37-22-10-3-11-23-37/h1-34H. The first-order valence-corrected chi connectivity index (χ1v) is 19.0. The van der Waals surface area contributed by atoms with Gasteiger partial charge in [0, 0.05) is 21.9 Å². The Kier molecular flexibility index (Phi) is 7.36. The second-order valence-electron chi connectivity index (χ2n) is 14.4. The normalized spacial score (nSPS) is 12.8. The van der Waals surface area contributed by atoms with E-state index < -0.39 is 5.41 Å². The van der Waals surface area contributed by atoms with Gasteiger partial charge in [0.2, 0.25) is 5.95 Å². The van der Waals surface area contributed by atoms with Gasteiger partial charge in [0.05, 0.1) is 16.4 Å². The molecular weight excluding hydrogens is 681 g/mol. The highest BCUT2D eigenvalue weighted by Crippen LogP contribution is 2.57. The van der Waals surface area contributed by atoms with E-state index in [9.17, 15) is 0 Å². The molecule has 56 heavy (non-hydrogen) atoms. The molecule has 0 bridgehead atoms. The van der Waals surface area contributed by atoms with Crippen LogP contribution in [0.15, 0.2) is 206 Å². The lowest BCUT2D eigenvalue weighted by molar-refractivity contribution is 0.769. The van der Waals surface area contributed by atoms with Crippen molar-refractivity contribution >= 4 is 21.8 Å². The fourth-order valence-electron chi connectivity index (χ4n) is 8.87. The van der Waals surface area contributed by atoms with Crippen LogP contribution in [0.2, 0.25) is 0 Å². The van der Waals surface area contributed by atoms with Crippen LogP contribution < -0.4 is 0 Å². The van der Waals surface area contributed by atoms with Gasteiger partial charge in [-0.2, -0.15) is 9.97 Å². The van der Waals surface area contributed by atoms with E-state index >= 15 is 0 Å². The molecule has 4 nitrogen and oxygen atoms in total. The van der Waals surface area contributed by atoms with Crippen molar-refractivity contribution in [1.82, 2.24) is 19.5 Å². The molecule has 0 aliphatic heterocycles. The van der Waals surface area contributed by atoms with Crippen LogP contribution in [0.5, 0.6) is 0 Å². The molecule has 1 aliphatic rings. The molecule has 0 fully saturated rings. The van der Waals surface area contributed by atoms with E-state index in [1.807, 2.05) is 36.4 Å². The molecule has 2 aromatic heterocycles. The van der Waals surface area contributed by atoms with E-state index in [0.717, 1.165) is 44.1 Å². The number of rotatable bonds is 6. The van der Waals surface area contributed by atoms with Crippen LogP contribution in [0.25, 0.3) is 72.8 Å². The van der Waals surface area contributed by atoms with E-state index in [-0.39, 0.29) is 0 Å². The maximum absolute atomic E-state index is 5.30. The first kappa shape index (κ1) is 32.0. The number of nitrogens with zero attached hydrogens (tertiary/aromatic N) is 4. The van der Waals surface area contributed by atoms with Gasteiger partial charge in [-0.15, -0.1) is 0 Å². The average Bonchev–Trinajstić information content (AvgIpc) is 3.76. The average molecular weight is 715 g/mol. The molecule has 11 rings (SSSR count). The van der Waals surface area contributed by atoms with Crippen LogP contribution in [0.1, 0.15) is 22.3 Å². The summed E-state index contributed by atoms with van der Waals surface area (Å²) >= 11 is 0. The van der Waals surface area contributed by atoms with Gasteiger partial charge in [0.25, 0.3) is 0 Å². The molecule has 0 saturated heterocycles. The summed E-state index contributed by atoms with van der Waals surface area (Å²) < 4.78 is 2.27. The first-order valence-electron chi connectivity index (χ1n) is 19.0. The number of aromatic nitrogens is 4. The van der Waals surface area contributed by atoms with E-state index in [0.29, 0.717) is 17.6 Å². The second kappa shape index (κ2) is 12.9. The van der Waals surface area contributed by atoms with Crippen LogP contribution in [0.4, 0.5) is 0 Å². The molecule has 2 heterocycles. The lowest BCUT2D eigenvalue weighted by atomic mass is 9.67. The zero-order chi connectivity index (χ0) is 37.1. The second-order valence-corrected chi connectivity index (χ2v) is 14.4. The minimum Gasteiger partial charge on any atom is -0.278 e. The van der Waals surface area contributed by atoms with E-state index in [2.05, 4.69) is 174 Å². The van der Waals surface area contributed by atoms with E-state index in [4.69, 9.17) is 15.0 Å². The van der Waals surface area contributed by atoms with Crippen LogP contribution in [-0.2, 0) is 5.41 Å². The molecule has 0 spiro atoms. The largest absolute Gasteiger partial charge is 0.278 e. The molecule has 0 atom stereocenters. The third kappa shape index (κ3) is 4.89. The fourth-order valence-corrected chi connectivity index (χ4v) is 8.87. The van der Waals surface area contributed by atoms with Crippen LogP contribution in [0.3, 0.4) is 0 Å². The Morgan fingerprint density at radius 1 is 0.339 bits per heavy atom. The highest BCUT2D eigenvalue weighted by Gasteiger charge is 2.46. The summed E-state index contributed by atoms with van der Waals surface area (Å²) in [6.45, 7) is 0. The summed E-state index contributed by atoms with van der Waals surface area (Å²) in [5.41, 5.74) is 13.1. The highest BCUT2D eigenvalue weighted by molar-refractivity contribution is 6.12. The molecule has 0 unspecified atom stereocenters. The molecule has 1 aliphatic carbocycles. The molecule has 8 aromatic carbocycles. The quantitative estimate of drug-likeness (QED) is 0.172. The molecular formula is C52H34N4. The predicted octanol–water partition coefficient (Wildman–Crippen LogP) is 12.3. The first-order chi connectivity index (χ1) is 27.8. The Balaban J connectivity index is 1.29. The topological polar surface area (TPSA) is 43.6 Å². The molecule has 4 heteroatoms. The summed E-state index contributed by atoms with van der Waals surface area (Å²) in [4.78, 5) is 15.7. The van der Waals surface area contributed by atoms with Crippen LogP contribution >= 0.6 is 0 Å². The van der Waals surface area contributed by atoms with Crippen molar-refractivity contribution in [2.75, 3.05) is 0 Å². The number of hydrogen-bond acceptors (Lipinski definition) is 3. The lowest BCUT2D eigenvalue weighted by Crippen LogP contribution is -2.28. The van der Waals surface area contributed by atoms with Crippen molar-refractivity contribution in [2.24, 2.45) is 0 Å². The zero-order valence-corrected chi connectivity index (χ0v) is 30.4. The maximum atomic E-state index is 5.30. The van der Waals surface area contributed by atoms with Gasteiger partial charge in [-0.3, -0.25) is 4.57 Å². The smallest absolute Gasteiger partial charge is 0.238 e. The van der Waals surface area contributed by atoms with Gasteiger partial charge in [-0.25, -0.2) is 4.98 Å². The van der Waals surface area contributed by atoms with Crippen molar-refractivity contribution in [3.05, 3.63) is 229 Å². The van der Waals surface area contributed by atoms with Gasteiger partial charge in [-0.1, -0.05) is 188 Å². The molecule has 0 radical (unpaired) electrons. The SMILES string of the molecule is c1ccc(-c2ccc3c4cc5c(cc4n(-c4nc(-c6ccccc6)nc(-c6ccccc6)n4)c3c2)C(c2ccccc2)(c2ccccc2)c2ccccc2-5)cc1. The molecule has 0 N–H and O–H groups in total. The van der Waals surface area contributed by atoms with E-state index in [1.165, 1.54) is 33.4 Å². The Hall–Kier alpha value is -7.43. The van der Waals surface area contributed by atoms with Gasteiger partial charge >= 0.3 is 0 Å². The van der Waals surface area contributed by atoms with Gasteiger partial charge in [0.1, 0.15) is 0 Å². The zero-order valence-electron chi connectivity index (χ0n) is 30.4. The Labute approximate surface area is 325 Å². The monoisotopic (exact) mass is 714 g/mol. The van der Waals surface area contributed by atoms with Crippen molar-refractivity contribution < 1.29 is 0 Å². The Morgan fingerprint density at radius 2 is 0.839 bits per heavy atom. The number of benzene rings is 8.